The molecule has 0 saturated heterocycles. The van der Waals surface area contributed by atoms with Crippen LogP contribution in [0.4, 0.5) is 0 Å². The second-order valence-electron chi connectivity index (χ2n) is 4.25. The smallest absolute Gasteiger partial charge is 0.194 e. The molecule has 1 rings (SSSR count). The fraction of sp³-hybridized carbons (Fsp3) is 0.385. The molecule has 2 nitrogen and oxygen atoms in total. The molecule has 0 N–H and O–H groups in total. The third kappa shape index (κ3) is 3.14. The highest BCUT2D eigenvalue weighted by Gasteiger charge is 2.01. The summed E-state index contributed by atoms with van der Waals surface area (Å²) in [5.41, 5.74) is 4.92. The number of hydrogen-bond acceptors (Lipinski definition) is 1. The maximum Gasteiger partial charge on any atom is 0.194 e. The van der Waals surface area contributed by atoms with Gasteiger partial charge in [-0.2, -0.15) is 0 Å². The van der Waals surface area contributed by atoms with Crippen LogP contribution in [0.25, 0.3) is 0 Å². The first-order valence-electron chi connectivity index (χ1n) is 5.25. The molecule has 0 aliphatic carbocycles. The lowest BCUT2D eigenvalue weighted by Crippen LogP contribution is -2.17. The van der Waals surface area contributed by atoms with Crippen LogP contribution < -0.4 is 0 Å². The van der Waals surface area contributed by atoms with Crippen LogP contribution in [0.5, 0.6) is 0 Å². The zero-order chi connectivity index (χ0) is 12.3. The highest BCUT2D eigenvalue weighted by molar-refractivity contribution is 7.80. The Morgan fingerprint density at radius 3 is 2.12 bits per heavy atom. The van der Waals surface area contributed by atoms with Gasteiger partial charge in [-0.15, -0.1) is 0 Å². The van der Waals surface area contributed by atoms with Gasteiger partial charge in [0.15, 0.2) is 5.11 Å². The van der Waals surface area contributed by atoms with Crippen molar-refractivity contribution in [1.29, 1.82) is 0 Å². The average Bonchev–Trinajstić information content (AvgIpc) is 2.15. The van der Waals surface area contributed by atoms with E-state index in [1.165, 1.54) is 16.7 Å². The van der Waals surface area contributed by atoms with Gasteiger partial charge in [0.1, 0.15) is 0 Å². The molecule has 0 spiro atoms. The molecule has 0 heterocycles. The highest BCUT2D eigenvalue weighted by Crippen LogP contribution is 2.14. The van der Waals surface area contributed by atoms with E-state index in [-0.39, 0.29) is 0 Å². The van der Waals surface area contributed by atoms with E-state index in [0.29, 0.717) is 5.11 Å². The fourth-order valence-electron chi connectivity index (χ4n) is 1.63. The Morgan fingerprint density at radius 1 is 1.19 bits per heavy atom. The van der Waals surface area contributed by atoms with Crippen molar-refractivity contribution < 1.29 is 0 Å². The van der Waals surface area contributed by atoms with Crippen LogP contribution in [0, 0.1) is 20.8 Å². The lowest BCUT2D eigenvalue weighted by molar-refractivity contribution is 0.629. The molecular formula is C13H18N2S. The largest absolute Gasteiger partial charge is 0.354 e. The van der Waals surface area contributed by atoms with Crippen molar-refractivity contribution in [3.05, 3.63) is 34.4 Å². The summed E-state index contributed by atoms with van der Waals surface area (Å²) < 4.78 is 0. The summed E-state index contributed by atoms with van der Waals surface area (Å²) in [5.74, 6) is 0. The third-order valence-electron chi connectivity index (χ3n) is 2.42. The van der Waals surface area contributed by atoms with E-state index in [2.05, 4.69) is 37.9 Å². The van der Waals surface area contributed by atoms with Crippen LogP contribution >= 0.6 is 12.2 Å². The summed E-state index contributed by atoms with van der Waals surface area (Å²) >= 11 is 5.12. The predicted octanol–water partition coefficient (Wildman–Crippen LogP) is 2.88. The van der Waals surface area contributed by atoms with Crippen LogP contribution in [0.3, 0.4) is 0 Å². The molecule has 3 heteroatoms. The van der Waals surface area contributed by atoms with Crippen LogP contribution in [0.1, 0.15) is 22.3 Å². The molecule has 0 amide bonds. The molecule has 1 aromatic rings. The minimum absolute atomic E-state index is 0.597. The number of benzene rings is 1. The van der Waals surface area contributed by atoms with Crippen molar-refractivity contribution in [3.8, 4) is 0 Å². The average molecular weight is 234 g/mol. The van der Waals surface area contributed by atoms with Gasteiger partial charge < -0.3 is 4.90 Å². The summed E-state index contributed by atoms with van der Waals surface area (Å²) in [6.07, 6.45) is 1.85. The molecule has 0 aliphatic rings. The van der Waals surface area contributed by atoms with Gasteiger partial charge >= 0.3 is 0 Å². The van der Waals surface area contributed by atoms with Crippen LogP contribution in [-0.2, 0) is 0 Å². The summed E-state index contributed by atoms with van der Waals surface area (Å²) in [5, 5.41) is 0.597. The summed E-state index contributed by atoms with van der Waals surface area (Å²) in [6.45, 7) is 6.30. The van der Waals surface area contributed by atoms with E-state index < -0.39 is 0 Å². The van der Waals surface area contributed by atoms with Gasteiger partial charge in [-0.25, -0.2) is 4.99 Å². The van der Waals surface area contributed by atoms with Gasteiger partial charge in [-0.1, -0.05) is 17.7 Å². The van der Waals surface area contributed by atoms with E-state index in [9.17, 15) is 0 Å². The van der Waals surface area contributed by atoms with E-state index in [1.807, 2.05) is 25.2 Å². The Morgan fingerprint density at radius 2 is 1.69 bits per heavy atom. The van der Waals surface area contributed by atoms with Crippen LogP contribution in [0.15, 0.2) is 17.1 Å². The molecule has 0 aliphatic heterocycles. The molecule has 0 saturated carbocycles. The molecule has 16 heavy (non-hydrogen) atoms. The Kier molecular flexibility index (Phi) is 4.19. The molecular weight excluding hydrogens is 216 g/mol. The van der Waals surface area contributed by atoms with Gasteiger partial charge in [0, 0.05) is 20.3 Å². The molecule has 0 radical (unpaired) electrons. The zero-order valence-electron chi connectivity index (χ0n) is 10.5. The zero-order valence-corrected chi connectivity index (χ0v) is 11.4. The number of aliphatic imine (C=N–C) groups is 1. The topological polar surface area (TPSA) is 15.6 Å². The summed E-state index contributed by atoms with van der Waals surface area (Å²) in [7, 11) is 3.79. The first kappa shape index (κ1) is 12.8. The SMILES string of the molecule is Cc1cc(C)c(/C=N/C(=S)N(C)C)c(C)c1. The molecule has 1 aromatic carbocycles. The van der Waals surface area contributed by atoms with Gasteiger partial charge in [0.05, 0.1) is 0 Å². The van der Waals surface area contributed by atoms with E-state index >= 15 is 0 Å². The summed E-state index contributed by atoms with van der Waals surface area (Å²) in [6, 6.07) is 4.32. The Balaban J connectivity index is 3.02. The number of rotatable bonds is 1. The Labute approximate surface area is 103 Å². The van der Waals surface area contributed by atoms with Crippen molar-refractivity contribution in [2.75, 3.05) is 14.1 Å². The molecule has 0 unspecified atom stereocenters. The maximum absolute atomic E-state index is 5.12. The molecule has 0 fully saturated rings. The van der Waals surface area contributed by atoms with Crippen molar-refractivity contribution in [3.63, 3.8) is 0 Å². The predicted molar refractivity (Wildman–Crippen MR) is 74.5 cm³/mol. The Bertz CT molecular complexity index is 411. The fourth-order valence-corrected chi connectivity index (χ4v) is 1.68. The van der Waals surface area contributed by atoms with Gasteiger partial charge in [-0.05, 0) is 49.7 Å². The van der Waals surface area contributed by atoms with E-state index in [4.69, 9.17) is 12.2 Å². The highest BCUT2D eigenvalue weighted by atomic mass is 32.1. The van der Waals surface area contributed by atoms with Crippen molar-refractivity contribution in [2.24, 2.45) is 4.99 Å². The molecule has 0 atom stereocenters. The van der Waals surface area contributed by atoms with E-state index in [1.54, 1.807) is 0 Å². The van der Waals surface area contributed by atoms with Gasteiger partial charge in [0.25, 0.3) is 0 Å². The lowest BCUT2D eigenvalue weighted by atomic mass is 10.0. The lowest BCUT2D eigenvalue weighted by Gasteiger charge is -2.10. The van der Waals surface area contributed by atoms with Gasteiger partial charge in [-0.3, -0.25) is 0 Å². The molecule has 86 valence electrons. The van der Waals surface area contributed by atoms with E-state index in [0.717, 1.165) is 5.56 Å². The number of hydrogen-bond donors (Lipinski definition) is 0. The molecule has 0 aromatic heterocycles. The monoisotopic (exact) mass is 234 g/mol. The minimum atomic E-state index is 0.597. The minimum Gasteiger partial charge on any atom is -0.354 e. The summed E-state index contributed by atoms with van der Waals surface area (Å²) in [4.78, 5) is 6.10. The first-order chi connectivity index (χ1) is 7.41. The third-order valence-corrected chi connectivity index (χ3v) is 2.90. The van der Waals surface area contributed by atoms with Gasteiger partial charge in [0.2, 0.25) is 0 Å². The Hall–Kier alpha value is -1.22. The standard InChI is InChI=1S/C13H18N2S/c1-9-6-10(2)12(11(3)7-9)8-14-13(16)15(4)5/h6-8H,1-5H3/b14-8+. The second kappa shape index (κ2) is 5.21. The quantitative estimate of drug-likeness (QED) is 0.548. The maximum atomic E-state index is 5.12. The van der Waals surface area contributed by atoms with Crippen LogP contribution in [0.2, 0.25) is 0 Å². The second-order valence-corrected chi connectivity index (χ2v) is 4.61. The van der Waals surface area contributed by atoms with Crippen molar-refractivity contribution >= 4 is 23.5 Å². The molecule has 0 bridgehead atoms. The number of thiocarbonyl (C=S) groups is 1. The first-order valence-corrected chi connectivity index (χ1v) is 5.66. The van der Waals surface area contributed by atoms with Crippen molar-refractivity contribution in [2.45, 2.75) is 20.8 Å². The van der Waals surface area contributed by atoms with Crippen molar-refractivity contribution in [1.82, 2.24) is 4.90 Å². The normalized spacial score (nSPS) is 10.8. The number of aryl methyl sites for hydroxylation is 3. The number of nitrogens with zero attached hydrogens (tertiary/aromatic N) is 2. The van der Waals surface area contributed by atoms with Crippen LogP contribution in [-0.4, -0.2) is 30.3 Å².